The minimum absolute atomic E-state index is 0.0103. The molecular weight excluding hydrogens is 388 g/mol. The molecule has 0 bridgehead atoms. The number of carbonyl (C=O) groups is 1. The van der Waals surface area contributed by atoms with Crippen LogP contribution in [0.15, 0.2) is 27.5 Å². The summed E-state index contributed by atoms with van der Waals surface area (Å²) < 4.78 is 2.14. The fourth-order valence-corrected chi connectivity index (χ4v) is 3.80. The molecule has 1 saturated carbocycles. The Morgan fingerprint density at radius 3 is 2.88 bits per heavy atom. The number of benzene rings is 1. The lowest BCUT2D eigenvalue weighted by Gasteiger charge is -2.16. The van der Waals surface area contributed by atoms with Crippen molar-refractivity contribution in [2.45, 2.75) is 25.7 Å². The first-order chi connectivity index (χ1) is 12.0. The number of hydrogen-bond donors (Lipinski definition) is 2. The number of aromatic nitrogens is 3. The number of phenols is 1. The summed E-state index contributed by atoms with van der Waals surface area (Å²) in [7, 11) is 0. The first-order valence-electron chi connectivity index (χ1n) is 8.47. The average Bonchev–Trinajstić information content (AvgIpc) is 3.23. The highest BCUT2D eigenvalue weighted by molar-refractivity contribution is 9.10. The Morgan fingerprint density at radius 2 is 2.16 bits per heavy atom. The summed E-state index contributed by atoms with van der Waals surface area (Å²) in [5, 5.41) is 16.8. The second-order valence-electron chi connectivity index (χ2n) is 6.83. The Morgan fingerprint density at radius 1 is 1.36 bits per heavy atom. The summed E-state index contributed by atoms with van der Waals surface area (Å²) in [5.41, 5.74) is 0.0254. The van der Waals surface area contributed by atoms with Gasteiger partial charge in [-0.2, -0.15) is 5.10 Å². The molecule has 1 amide bonds. The number of aromatic hydroxyl groups is 1. The summed E-state index contributed by atoms with van der Waals surface area (Å²) in [4.78, 5) is 26.3. The van der Waals surface area contributed by atoms with E-state index in [1.807, 2.05) is 4.90 Å². The van der Waals surface area contributed by atoms with E-state index in [-0.39, 0.29) is 29.2 Å². The standard InChI is InChI=1S/C17H19BrN4O3/c18-12-3-4-13(14(23)8-12)22-15(19-20-17(22)25)7-10-5-6-21(9-10)16(24)11-1-2-11/h3-4,8,10-11,23H,1-2,5-7,9H2,(H,20,25). The maximum Gasteiger partial charge on any atom is 0.348 e. The molecular formula is C17H19BrN4O3. The van der Waals surface area contributed by atoms with Crippen molar-refractivity contribution in [3.63, 3.8) is 0 Å². The highest BCUT2D eigenvalue weighted by Crippen LogP contribution is 2.33. The minimum atomic E-state index is -0.378. The number of likely N-dealkylation sites (tertiary alicyclic amines) is 1. The third kappa shape index (κ3) is 3.22. The van der Waals surface area contributed by atoms with Gasteiger partial charge in [0.2, 0.25) is 5.91 Å². The topological polar surface area (TPSA) is 91.2 Å². The normalized spacial score (nSPS) is 20.2. The number of amides is 1. The number of nitrogens with zero attached hydrogens (tertiary/aromatic N) is 3. The molecule has 0 spiro atoms. The van der Waals surface area contributed by atoms with E-state index >= 15 is 0 Å². The van der Waals surface area contributed by atoms with E-state index in [2.05, 4.69) is 26.1 Å². The van der Waals surface area contributed by atoms with Gasteiger partial charge in [-0.15, -0.1) is 0 Å². The molecule has 2 N–H and O–H groups in total. The van der Waals surface area contributed by atoms with Crippen LogP contribution in [0.2, 0.25) is 0 Å². The summed E-state index contributed by atoms with van der Waals surface area (Å²) >= 11 is 3.30. The van der Waals surface area contributed by atoms with Crippen molar-refractivity contribution >= 4 is 21.8 Å². The molecule has 1 aromatic carbocycles. The molecule has 1 atom stereocenters. The number of hydrogen-bond acceptors (Lipinski definition) is 4. The minimum Gasteiger partial charge on any atom is -0.506 e. The number of aromatic amines is 1. The molecule has 2 heterocycles. The lowest BCUT2D eigenvalue weighted by Crippen LogP contribution is -2.30. The van der Waals surface area contributed by atoms with Gasteiger partial charge < -0.3 is 10.0 Å². The van der Waals surface area contributed by atoms with Gasteiger partial charge in [-0.1, -0.05) is 15.9 Å². The smallest absolute Gasteiger partial charge is 0.348 e. The van der Waals surface area contributed by atoms with E-state index < -0.39 is 0 Å². The molecule has 132 valence electrons. The number of phenolic OH excluding ortho intramolecular Hbond substituents is 1. The lowest BCUT2D eigenvalue weighted by atomic mass is 10.0. The van der Waals surface area contributed by atoms with Crippen molar-refractivity contribution < 1.29 is 9.90 Å². The van der Waals surface area contributed by atoms with E-state index in [1.165, 1.54) is 4.57 Å². The highest BCUT2D eigenvalue weighted by atomic mass is 79.9. The van der Waals surface area contributed by atoms with Crippen LogP contribution in [-0.4, -0.2) is 43.8 Å². The fourth-order valence-electron chi connectivity index (χ4n) is 3.45. The van der Waals surface area contributed by atoms with Crippen LogP contribution in [0.25, 0.3) is 5.69 Å². The van der Waals surface area contributed by atoms with E-state index in [9.17, 15) is 14.7 Å². The van der Waals surface area contributed by atoms with Crippen molar-refractivity contribution in [3.8, 4) is 11.4 Å². The van der Waals surface area contributed by atoms with Crippen molar-refractivity contribution in [2.24, 2.45) is 11.8 Å². The quantitative estimate of drug-likeness (QED) is 0.809. The van der Waals surface area contributed by atoms with Crippen LogP contribution in [0.3, 0.4) is 0 Å². The number of carbonyl (C=O) groups excluding carboxylic acids is 1. The first-order valence-corrected chi connectivity index (χ1v) is 9.26. The van der Waals surface area contributed by atoms with Gasteiger partial charge in [0.1, 0.15) is 11.6 Å². The lowest BCUT2D eigenvalue weighted by molar-refractivity contribution is -0.131. The van der Waals surface area contributed by atoms with E-state index in [4.69, 9.17) is 0 Å². The predicted octanol–water partition coefficient (Wildman–Crippen LogP) is 1.83. The van der Waals surface area contributed by atoms with Crippen molar-refractivity contribution in [3.05, 3.63) is 39.0 Å². The molecule has 1 saturated heterocycles. The molecule has 2 aliphatic rings. The largest absolute Gasteiger partial charge is 0.506 e. The molecule has 8 heteroatoms. The van der Waals surface area contributed by atoms with Gasteiger partial charge in [-0.05, 0) is 43.4 Å². The Hall–Kier alpha value is -2.09. The molecule has 25 heavy (non-hydrogen) atoms. The van der Waals surface area contributed by atoms with Gasteiger partial charge in [-0.25, -0.2) is 14.5 Å². The van der Waals surface area contributed by atoms with E-state index in [1.54, 1.807) is 18.2 Å². The van der Waals surface area contributed by atoms with Crippen LogP contribution in [0, 0.1) is 11.8 Å². The molecule has 0 radical (unpaired) electrons. The predicted molar refractivity (Wildman–Crippen MR) is 94.7 cm³/mol. The molecule has 1 aromatic heterocycles. The third-order valence-corrected chi connectivity index (χ3v) is 5.41. The maximum atomic E-state index is 12.2. The second-order valence-corrected chi connectivity index (χ2v) is 7.75. The highest BCUT2D eigenvalue weighted by Gasteiger charge is 2.37. The summed E-state index contributed by atoms with van der Waals surface area (Å²) in [5.74, 6) is 1.37. The van der Waals surface area contributed by atoms with E-state index in [0.29, 0.717) is 24.5 Å². The first kappa shape index (κ1) is 16.4. The molecule has 2 aromatic rings. The summed E-state index contributed by atoms with van der Waals surface area (Å²) in [6.45, 7) is 1.49. The maximum absolute atomic E-state index is 12.2. The van der Waals surface area contributed by atoms with Crippen molar-refractivity contribution in [2.75, 3.05) is 13.1 Å². The zero-order valence-electron chi connectivity index (χ0n) is 13.6. The Kier molecular flexibility index (Phi) is 4.15. The number of H-pyrrole nitrogens is 1. The van der Waals surface area contributed by atoms with Crippen LogP contribution in [0.1, 0.15) is 25.1 Å². The van der Waals surface area contributed by atoms with Gasteiger partial charge in [0.15, 0.2) is 0 Å². The van der Waals surface area contributed by atoms with Crippen molar-refractivity contribution in [1.82, 2.24) is 19.7 Å². The van der Waals surface area contributed by atoms with E-state index in [0.717, 1.165) is 30.3 Å². The Balaban J connectivity index is 1.54. The van der Waals surface area contributed by atoms with Crippen LogP contribution in [-0.2, 0) is 11.2 Å². The SMILES string of the molecule is O=C(C1CC1)N1CCC(Cc2n[nH]c(=O)n2-c2ccc(Br)cc2O)C1. The van der Waals surface area contributed by atoms with Crippen LogP contribution >= 0.6 is 15.9 Å². The monoisotopic (exact) mass is 406 g/mol. The molecule has 1 aliphatic carbocycles. The zero-order chi connectivity index (χ0) is 17.6. The third-order valence-electron chi connectivity index (χ3n) is 4.92. The van der Waals surface area contributed by atoms with Crippen LogP contribution in [0.4, 0.5) is 0 Å². The molecule has 1 aliphatic heterocycles. The van der Waals surface area contributed by atoms with Gasteiger partial charge in [0.05, 0.1) is 5.69 Å². The van der Waals surface area contributed by atoms with Gasteiger partial charge in [0.25, 0.3) is 0 Å². The average molecular weight is 407 g/mol. The number of nitrogens with one attached hydrogen (secondary N) is 1. The van der Waals surface area contributed by atoms with Crippen LogP contribution < -0.4 is 5.69 Å². The summed E-state index contributed by atoms with van der Waals surface area (Å²) in [6, 6.07) is 4.99. The zero-order valence-corrected chi connectivity index (χ0v) is 15.2. The molecule has 7 nitrogen and oxygen atoms in total. The van der Waals surface area contributed by atoms with Gasteiger partial charge >= 0.3 is 5.69 Å². The number of rotatable bonds is 4. The second kappa shape index (κ2) is 6.33. The summed E-state index contributed by atoms with van der Waals surface area (Å²) in [6.07, 6.45) is 3.53. The molecule has 1 unspecified atom stereocenters. The Labute approximate surface area is 152 Å². The van der Waals surface area contributed by atoms with Crippen LogP contribution in [0.5, 0.6) is 5.75 Å². The van der Waals surface area contributed by atoms with Gasteiger partial charge in [-0.3, -0.25) is 4.79 Å². The molecule has 4 rings (SSSR count). The van der Waals surface area contributed by atoms with Crippen molar-refractivity contribution in [1.29, 1.82) is 0 Å². The molecule has 2 fully saturated rings. The van der Waals surface area contributed by atoms with Gasteiger partial charge in [0, 0.05) is 29.9 Å². The number of halogens is 1. The Bertz CT molecular complexity index is 871. The fraction of sp³-hybridized carbons (Fsp3) is 0.471.